The van der Waals surface area contributed by atoms with Gasteiger partial charge in [-0.05, 0) is 57.1 Å². The summed E-state index contributed by atoms with van der Waals surface area (Å²) < 4.78 is 11.4. The van der Waals surface area contributed by atoms with E-state index in [0.29, 0.717) is 6.61 Å². The number of rotatable bonds is 18. The van der Waals surface area contributed by atoms with Gasteiger partial charge in [-0.1, -0.05) is 88.6 Å². The Hall–Kier alpha value is -1.28. The van der Waals surface area contributed by atoms with E-state index in [1.807, 2.05) is 0 Å². The highest BCUT2D eigenvalue weighted by Crippen LogP contribution is 2.28. The molecule has 2 heteroatoms. The third-order valence-corrected chi connectivity index (χ3v) is 5.85. The van der Waals surface area contributed by atoms with E-state index in [0.717, 1.165) is 18.8 Å². The minimum atomic E-state index is -0.0436. The molecule has 0 spiro atoms. The predicted octanol–water partition coefficient (Wildman–Crippen LogP) is 8.04. The van der Waals surface area contributed by atoms with Gasteiger partial charge in [-0.2, -0.15) is 0 Å². The topological polar surface area (TPSA) is 21.8 Å². The summed E-state index contributed by atoms with van der Waals surface area (Å²) in [6.45, 7) is 5.87. The van der Waals surface area contributed by atoms with Crippen molar-refractivity contribution < 1.29 is 9.47 Å². The molecule has 29 heavy (non-hydrogen) atoms. The quantitative estimate of drug-likeness (QED) is 0.141. The molecule has 1 heterocycles. The van der Waals surface area contributed by atoms with Gasteiger partial charge in [0.05, 0.1) is 6.61 Å². The van der Waals surface area contributed by atoms with Crippen molar-refractivity contribution in [3.05, 3.63) is 42.0 Å². The van der Waals surface area contributed by atoms with Crippen LogP contribution in [-0.4, -0.2) is 18.8 Å². The molecule has 1 aliphatic heterocycles. The van der Waals surface area contributed by atoms with Crippen molar-refractivity contribution >= 4 is 0 Å². The van der Waals surface area contributed by atoms with Crippen molar-refractivity contribution in [2.24, 2.45) is 0 Å². The normalized spacial score (nSPS) is 18.4. The summed E-state index contributed by atoms with van der Waals surface area (Å²) in [7, 11) is 0. The number of allylic oxidation sites excluding steroid dienone is 2. The molecule has 0 saturated carbocycles. The van der Waals surface area contributed by atoms with Crippen LogP contribution in [0.5, 0.6) is 5.75 Å². The first-order valence-electron chi connectivity index (χ1n) is 12.2. The molecule has 2 nitrogen and oxygen atoms in total. The minimum absolute atomic E-state index is 0.0436. The van der Waals surface area contributed by atoms with Gasteiger partial charge in [0.1, 0.15) is 18.0 Å². The van der Waals surface area contributed by atoms with Gasteiger partial charge < -0.3 is 9.47 Å². The van der Waals surface area contributed by atoms with Crippen molar-refractivity contribution in [2.45, 2.75) is 109 Å². The van der Waals surface area contributed by atoms with E-state index < -0.39 is 0 Å². The molecule has 1 aliphatic rings. The van der Waals surface area contributed by atoms with Gasteiger partial charge in [0.25, 0.3) is 0 Å². The predicted molar refractivity (Wildman–Crippen MR) is 125 cm³/mol. The van der Waals surface area contributed by atoms with Crippen molar-refractivity contribution in [3.8, 4) is 5.75 Å². The number of hydrogen-bond acceptors (Lipinski definition) is 2. The van der Waals surface area contributed by atoms with E-state index in [2.05, 4.69) is 50.3 Å². The van der Waals surface area contributed by atoms with Crippen molar-refractivity contribution in [1.29, 1.82) is 0 Å². The van der Waals surface area contributed by atoms with E-state index in [4.69, 9.17) is 9.47 Å². The van der Waals surface area contributed by atoms with Gasteiger partial charge in [-0.15, -0.1) is 0 Å². The fraction of sp³-hybridized carbons (Fsp3) is 0.704. The molecule has 1 saturated heterocycles. The zero-order valence-electron chi connectivity index (χ0n) is 19.1. The smallest absolute Gasteiger partial charge is 0.123 e. The summed E-state index contributed by atoms with van der Waals surface area (Å²) in [6, 6.07) is 8.50. The Morgan fingerprint density at radius 1 is 0.862 bits per heavy atom. The maximum atomic E-state index is 6.01. The highest BCUT2D eigenvalue weighted by atomic mass is 16.6. The Labute approximate surface area is 180 Å². The van der Waals surface area contributed by atoms with Crippen LogP contribution >= 0.6 is 0 Å². The van der Waals surface area contributed by atoms with Crippen molar-refractivity contribution in [1.82, 2.24) is 0 Å². The molecule has 1 aromatic carbocycles. The summed E-state index contributed by atoms with van der Waals surface area (Å²) in [5.41, 5.74) is 1.30. The molecule has 0 aliphatic carbocycles. The highest BCUT2D eigenvalue weighted by molar-refractivity contribution is 5.33. The van der Waals surface area contributed by atoms with E-state index in [-0.39, 0.29) is 5.60 Å². The molecule has 1 unspecified atom stereocenters. The number of hydrogen-bond donors (Lipinski definition) is 0. The summed E-state index contributed by atoms with van der Waals surface area (Å²) in [4.78, 5) is 0. The molecule has 1 aromatic rings. The molecular weight excluding hydrogens is 356 g/mol. The SMILES string of the molecule is CCCCC/C=C/CCCCCCCCCCc1ccccc1OCC1(C)CO1. The lowest BCUT2D eigenvalue weighted by molar-refractivity contribution is 0.201. The second-order valence-corrected chi connectivity index (χ2v) is 8.97. The number of para-hydroxylation sites is 1. The van der Waals surface area contributed by atoms with Crippen LogP contribution in [0, 0.1) is 0 Å². The first kappa shape index (κ1) is 24.0. The maximum absolute atomic E-state index is 6.01. The van der Waals surface area contributed by atoms with Crippen LogP contribution in [0.3, 0.4) is 0 Å². The van der Waals surface area contributed by atoms with Crippen LogP contribution in [-0.2, 0) is 11.2 Å². The van der Waals surface area contributed by atoms with Crippen LogP contribution in [0.1, 0.15) is 103 Å². The van der Waals surface area contributed by atoms with Crippen LogP contribution in [0.4, 0.5) is 0 Å². The van der Waals surface area contributed by atoms with Gasteiger partial charge in [-0.25, -0.2) is 0 Å². The number of unbranched alkanes of at least 4 members (excludes halogenated alkanes) is 11. The van der Waals surface area contributed by atoms with E-state index in [1.54, 1.807) is 0 Å². The average molecular weight is 401 g/mol. The fourth-order valence-corrected chi connectivity index (χ4v) is 3.67. The summed E-state index contributed by atoms with van der Waals surface area (Å²) in [5, 5.41) is 0. The molecule has 164 valence electrons. The van der Waals surface area contributed by atoms with Gasteiger partial charge in [0, 0.05) is 0 Å². The highest BCUT2D eigenvalue weighted by Gasteiger charge is 2.40. The fourth-order valence-electron chi connectivity index (χ4n) is 3.67. The largest absolute Gasteiger partial charge is 0.490 e. The molecular formula is C27H44O2. The molecule has 1 fully saturated rings. The second-order valence-electron chi connectivity index (χ2n) is 8.97. The number of epoxide rings is 1. The summed E-state index contributed by atoms with van der Waals surface area (Å²) >= 11 is 0. The Morgan fingerprint density at radius 2 is 1.45 bits per heavy atom. The number of benzene rings is 1. The van der Waals surface area contributed by atoms with Gasteiger partial charge in [0.2, 0.25) is 0 Å². The molecule has 0 aromatic heterocycles. The zero-order valence-corrected chi connectivity index (χ0v) is 19.1. The molecule has 0 bridgehead atoms. The van der Waals surface area contributed by atoms with Gasteiger partial charge in [-0.3, -0.25) is 0 Å². The standard InChI is InChI=1S/C27H44O2/c1-3-4-5-6-7-8-9-10-11-12-13-14-15-16-17-20-25-21-18-19-22-26(25)28-23-27(2)24-29-27/h7-8,18-19,21-22H,3-6,9-17,20,23-24H2,1-2H3/b8-7+. The molecule has 2 rings (SSSR count). The van der Waals surface area contributed by atoms with E-state index in [9.17, 15) is 0 Å². The van der Waals surface area contributed by atoms with Gasteiger partial charge >= 0.3 is 0 Å². The Kier molecular flexibility index (Phi) is 12.1. The monoisotopic (exact) mass is 400 g/mol. The first-order valence-corrected chi connectivity index (χ1v) is 12.2. The maximum Gasteiger partial charge on any atom is 0.123 e. The van der Waals surface area contributed by atoms with Crippen LogP contribution < -0.4 is 4.74 Å². The third kappa shape index (κ3) is 11.5. The number of aryl methyl sites for hydroxylation is 1. The summed E-state index contributed by atoms with van der Waals surface area (Å²) in [5.74, 6) is 1.05. The lowest BCUT2D eigenvalue weighted by atomic mass is 10.0. The second kappa shape index (κ2) is 14.7. The van der Waals surface area contributed by atoms with Gasteiger partial charge in [0.15, 0.2) is 0 Å². The lowest BCUT2D eigenvalue weighted by Gasteiger charge is -2.13. The molecule has 0 amide bonds. The number of ether oxygens (including phenoxy) is 2. The summed E-state index contributed by atoms with van der Waals surface area (Å²) in [6.07, 6.45) is 23.4. The average Bonchev–Trinajstić information content (AvgIpc) is 3.47. The van der Waals surface area contributed by atoms with E-state index in [1.165, 1.54) is 89.0 Å². The molecule has 0 N–H and O–H groups in total. The zero-order chi connectivity index (χ0) is 20.6. The van der Waals surface area contributed by atoms with Crippen molar-refractivity contribution in [2.75, 3.05) is 13.2 Å². The molecule has 0 radical (unpaired) electrons. The Balaban J connectivity index is 1.41. The van der Waals surface area contributed by atoms with Crippen LogP contribution in [0.2, 0.25) is 0 Å². The molecule has 1 atom stereocenters. The van der Waals surface area contributed by atoms with Crippen LogP contribution in [0.15, 0.2) is 36.4 Å². The van der Waals surface area contributed by atoms with Crippen LogP contribution in [0.25, 0.3) is 0 Å². The third-order valence-electron chi connectivity index (χ3n) is 5.85. The minimum Gasteiger partial charge on any atom is -0.490 e. The Bertz CT molecular complexity index is 559. The first-order chi connectivity index (χ1) is 14.2. The van der Waals surface area contributed by atoms with Crippen molar-refractivity contribution in [3.63, 3.8) is 0 Å². The lowest BCUT2D eigenvalue weighted by Crippen LogP contribution is -2.17. The van der Waals surface area contributed by atoms with E-state index >= 15 is 0 Å². The Morgan fingerprint density at radius 3 is 2.10 bits per heavy atom.